The molecule has 0 fully saturated rings. The summed E-state index contributed by atoms with van der Waals surface area (Å²) < 4.78 is 43.6. The van der Waals surface area contributed by atoms with Crippen molar-refractivity contribution < 1.29 is 17.9 Å². The highest BCUT2D eigenvalue weighted by Gasteiger charge is 2.30. The summed E-state index contributed by atoms with van der Waals surface area (Å²) in [6.45, 7) is 3.36. The van der Waals surface area contributed by atoms with Crippen LogP contribution in [0.4, 0.5) is 13.2 Å². The molecule has 1 unspecified atom stereocenters. The van der Waals surface area contributed by atoms with Gasteiger partial charge in [-0.05, 0) is 30.7 Å². The zero-order chi connectivity index (χ0) is 14.6. The van der Waals surface area contributed by atoms with Crippen molar-refractivity contribution in [3.05, 3.63) is 47.2 Å². The summed E-state index contributed by atoms with van der Waals surface area (Å²) in [6.07, 6.45) is -0.947. The van der Waals surface area contributed by atoms with Crippen LogP contribution in [0.25, 0.3) is 0 Å². The van der Waals surface area contributed by atoms with E-state index in [0.717, 1.165) is 24.8 Å². The summed E-state index contributed by atoms with van der Waals surface area (Å²) in [4.78, 5) is 0. The van der Waals surface area contributed by atoms with Gasteiger partial charge in [-0.2, -0.15) is 13.2 Å². The SMILES string of the molecule is CCNC(Cc1cccc(C(F)(F)F)c1)C1=CCCO1. The Morgan fingerprint density at radius 1 is 1.35 bits per heavy atom. The maximum atomic E-state index is 12.7. The molecule has 2 nitrogen and oxygen atoms in total. The second-order valence-electron chi connectivity index (χ2n) is 4.76. The Morgan fingerprint density at radius 2 is 2.15 bits per heavy atom. The number of benzene rings is 1. The molecule has 1 atom stereocenters. The lowest BCUT2D eigenvalue weighted by atomic mass is 10.0. The van der Waals surface area contributed by atoms with Crippen LogP contribution in [0, 0.1) is 0 Å². The first-order chi connectivity index (χ1) is 9.50. The Kier molecular flexibility index (Phi) is 4.70. The van der Waals surface area contributed by atoms with E-state index in [9.17, 15) is 13.2 Å². The fraction of sp³-hybridized carbons (Fsp3) is 0.467. The molecule has 5 heteroatoms. The fourth-order valence-electron chi connectivity index (χ4n) is 2.31. The van der Waals surface area contributed by atoms with Gasteiger partial charge >= 0.3 is 6.18 Å². The zero-order valence-corrected chi connectivity index (χ0v) is 11.3. The first kappa shape index (κ1) is 14.9. The Labute approximate surface area is 116 Å². The third kappa shape index (κ3) is 3.76. The van der Waals surface area contributed by atoms with Crippen LogP contribution < -0.4 is 5.32 Å². The van der Waals surface area contributed by atoms with E-state index >= 15 is 0 Å². The summed E-state index contributed by atoms with van der Waals surface area (Å²) in [6, 6.07) is 5.41. The van der Waals surface area contributed by atoms with Gasteiger partial charge in [0.15, 0.2) is 0 Å². The highest BCUT2D eigenvalue weighted by Crippen LogP contribution is 2.30. The lowest BCUT2D eigenvalue weighted by Crippen LogP contribution is -2.33. The first-order valence-corrected chi connectivity index (χ1v) is 6.73. The highest BCUT2D eigenvalue weighted by molar-refractivity contribution is 5.27. The van der Waals surface area contributed by atoms with Gasteiger partial charge in [0.25, 0.3) is 0 Å². The molecule has 0 saturated carbocycles. The van der Waals surface area contributed by atoms with E-state index < -0.39 is 11.7 Å². The van der Waals surface area contributed by atoms with E-state index in [0.29, 0.717) is 18.6 Å². The second-order valence-corrected chi connectivity index (χ2v) is 4.76. The van der Waals surface area contributed by atoms with E-state index in [2.05, 4.69) is 5.32 Å². The average Bonchev–Trinajstić information content (AvgIpc) is 2.91. The van der Waals surface area contributed by atoms with Crippen molar-refractivity contribution in [2.75, 3.05) is 13.2 Å². The Hall–Kier alpha value is -1.49. The fourth-order valence-corrected chi connectivity index (χ4v) is 2.31. The number of ether oxygens (including phenoxy) is 1. The number of hydrogen-bond donors (Lipinski definition) is 1. The number of hydrogen-bond acceptors (Lipinski definition) is 2. The van der Waals surface area contributed by atoms with Crippen LogP contribution >= 0.6 is 0 Å². The minimum absolute atomic E-state index is 0.0639. The van der Waals surface area contributed by atoms with Crippen LogP contribution in [-0.2, 0) is 17.3 Å². The van der Waals surface area contributed by atoms with E-state index in [1.807, 2.05) is 13.0 Å². The van der Waals surface area contributed by atoms with Gasteiger partial charge in [-0.25, -0.2) is 0 Å². The molecule has 0 amide bonds. The smallest absolute Gasteiger partial charge is 0.416 e. The molecule has 1 aliphatic rings. The van der Waals surface area contributed by atoms with Gasteiger partial charge in [-0.1, -0.05) is 25.1 Å². The molecule has 2 rings (SSSR count). The first-order valence-electron chi connectivity index (χ1n) is 6.73. The van der Waals surface area contributed by atoms with Crippen LogP contribution in [0.1, 0.15) is 24.5 Å². The molecular weight excluding hydrogens is 267 g/mol. The van der Waals surface area contributed by atoms with E-state index in [-0.39, 0.29) is 6.04 Å². The maximum Gasteiger partial charge on any atom is 0.416 e. The molecule has 1 heterocycles. The molecule has 20 heavy (non-hydrogen) atoms. The van der Waals surface area contributed by atoms with Gasteiger partial charge in [0.2, 0.25) is 0 Å². The molecule has 0 radical (unpaired) electrons. The average molecular weight is 285 g/mol. The van der Waals surface area contributed by atoms with E-state index in [1.54, 1.807) is 6.07 Å². The molecule has 1 aliphatic heterocycles. The molecule has 1 aromatic carbocycles. The van der Waals surface area contributed by atoms with Gasteiger partial charge < -0.3 is 10.1 Å². The molecule has 0 aromatic heterocycles. The molecule has 1 aromatic rings. The van der Waals surface area contributed by atoms with E-state index in [1.165, 1.54) is 12.1 Å². The minimum atomic E-state index is -4.30. The van der Waals surface area contributed by atoms with Crippen LogP contribution in [-0.4, -0.2) is 19.2 Å². The molecule has 110 valence electrons. The summed E-state index contributed by atoms with van der Waals surface area (Å²) in [5.41, 5.74) is 0.0498. The minimum Gasteiger partial charge on any atom is -0.496 e. The summed E-state index contributed by atoms with van der Waals surface area (Å²) in [7, 11) is 0. The van der Waals surface area contributed by atoms with Crippen molar-refractivity contribution in [1.82, 2.24) is 5.32 Å². The van der Waals surface area contributed by atoms with Crippen molar-refractivity contribution in [2.24, 2.45) is 0 Å². The Bertz CT molecular complexity index is 482. The largest absolute Gasteiger partial charge is 0.496 e. The monoisotopic (exact) mass is 285 g/mol. The highest BCUT2D eigenvalue weighted by atomic mass is 19.4. The molecule has 0 spiro atoms. The van der Waals surface area contributed by atoms with Gasteiger partial charge in [-0.3, -0.25) is 0 Å². The zero-order valence-electron chi connectivity index (χ0n) is 11.3. The van der Waals surface area contributed by atoms with Crippen molar-refractivity contribution in [3.63, 3.8) is 0 Å². The summed E-state index contributed by atoms with van der Waals surface area (Å²) in [5.74, 6) is 0.837. The van der Waals surface area contributed by atoms with Crippen molar-refractivity contribution in [2.45, 2.75) is 32.0 Å². The predicted octanol–water partition coefficient (Wildman–Crippen LogP) is 3.53. The molecule has 0 saturated heterocycles. The van der Waals surface area contributed by atoms with Gasteiger partial charge in [0, 0.05) is 6.42 Å². The van der Waals surface area contributed by atoms with Crippen molar-refractivity contribution in [1.29, 1.82) is 0 Å². The number of rotatable bonds is 5. The predicted molar refractivity (Wildman–Crippen MR) is 71.3 cm³/mol. The standard InChI is InChI=1S/C15H18F3NO/c1-2-19-13(14-7-4-8-20-14)10-11-5-3-6-12(9-11)15(16,17)18/h3,5-7,9,13,19H,2,4,8,10H2,1H3. The quantitative estimate of drug-likeness (QED) is 0.893. The van der Waals surface area contributed by atoms with Crippen LogP contribution in [0.5, 0.6) is 0 Å². The maximum absolute atomic E-state index is 12.7. The molecule has 0 aliphatic carbocycles. The number of likely N-dealkylation sites (N-methyl/N-ethyl adjacent to an activating group) is 1. The lowest BCUT2D eigenvalue weighted by molar-refractivity contribution is -0.137. The molecule has 1 N–H and O–H groups in total. The Balaban J connectivity index is 2.14. The van der Waals surface area contributed by atoms with Gasteiger partial charge in [-0.15, -0.1) is 0 Å². The lowest BCUT2D eigenvalue weighted by Gasteiger charge is -2.19. The molecule has 0 bridgehead atoms. The number of alkyl halides is 3. The second kappa shape index (κ2) is 6.31. The Morgan fingerprint density at radius 3 is 2.75 bits per heavy atom. The number of halogens is 3. The molecular formula is C15H18F3NO. The normalized spacial score (nSPS) is 16.7. The van der Waals surface area contributed by atoms with Crippen LogP contribution in [0.2, 0.25) is 0 Å². The van der Waals surface area contributed by atoms with Gasteiger partial charge in [0.05, 0.1) is 18.2 Å². The third-order valence-corrected chi connectivity index (χ3v) is 3.22. The van der Waals surface area contributed by atoms with E-state index in [4.69, 9.17) is 4.74 Å². The van der Waals surface area contributed by atoms with Crippen molar-refractivity contribution in [3.8, 4) is 0 Å². The third-order valence-electron chi connectivity index (χ3n) is 3.22. The topological polar surface area (TPSA) is 21.3 Å². The summed E-state index contributed by atoms with van der Waals surface area (Å²) in [5, 5.41) is 3.26. The number of nitrogens with one attached hydrogen (secondary N) is 1. The summed E-state index contributed by atoms with van der Waals surface area (Å²) >= 11 is 0. The van der Waals surface area contributed by atoms with Crippen LogP contribution in [0.15, 0.2) is 36.1 Å². The van der Waals surface area contributed by atoms with Gasteiger partial charge in [0.1, 0.15) is 5.76 Å². The van der Waals surface area contributed by atoms with Crippen LogP contribution in [0.3, 0.4) is 0 Å². The van der Waals surface area contributed by atoms with Crippen molar-refractivity contribution >= 4 is 0 Å².